The van der Waals surface area contributed by atoms with Gasteiger partial charge in [0.15, 0.2) is 11.6 Å². The molecule has 1 aromatic heterocycles. The molecule has 7 nitrogen and oxygen atoms in total. The van der Waals surface area contributed by atoms with E-state index in [0.717, 1.165) is 18.7 Å². The first-order valence-corrected chi connectivity index (χ1v) is 12.4. The number of hydrogen-bond acceptors (Lipinski definition) is 5. The van der Waals surface area contributed by atoms with Gasteiger partial charge >= 0.3 is 0 Å². The van der Waals surface area contributed by atoms with Crippen molar-refractivity contribution in [2.24, 2.45) is 0 Å². The molecule has 1 saturated heterocycles. The van der Waals surface area contributed by atoms with E-state index in [1.54, 1.807) is 49.5 Å². The Hall–Kier alpha value is -4.47. The average Bonchev–Trinajstić information content (AvgIpc) is 3.43. The van der Waals surface area contributed by atoms with Gasteiger partial charge in [-0.25, -0.2) is 17.9 Å². The van der Waals surface area contributed by atoms with E-state index in [4.69, 9.17) is 9.47 Å². The fourth-order valence-electron chi connectivity index (χ4n) is 4.61. The van der Waals surface area contributed by atoms with E-state index >= 15 is 0 Å². The van der Waals surface area contributed by atoms with Gasteiger partial charge in [-0.2, -0.15) is 5.10 Å². The van der Waals surface area contributed by atoms with Gasteiger partial charge in [-0.15, -0.1) is 0 Å². The first-order valence-electron chi connectivity index (χ1n) is 12.4. The van der Waals surface area contributed by atoms with Crippen LogP contribution in [0.25, 0.3) is 16.9 Å². The maximum Gasteiger partial charge on any atom is 0.272 e. The number of para-hydroxylation sites is 1. The molecule has 10 heteroatoms. The third-order valence-electron chi connectivity index (χ3n) is 6.86. The van der Waals surface area contributed by atoms with Crippen LogP contribution in [-0.2, 0) is 0 Å². The second-order valence-corrected chi connectivity index (χ2v) is 9.17. The molecule has 202 valence electrons. The number of methoxy groups -OCH3 is 2. The summed E-state index contributed by atoms with van der Waals surface area (Å²) in [5, 5.41) is 4.40. The second-order valence-electron chi connectivity index (χ2n) is 9.17. The van der Waals surface area contributed by atoms with Crippen LogP contribution in [0.5, 0.6) is 11.5 Å². The molecule has 0 unspecified atom stereocenters. The number of benzene rings is 3. The van der Waals surface area contributed by atoms with Crippen molar-refractivity contribution in [2.75, 3.05) is 45.3 Å². The Bertz CT molecular complexity index is 1490. The van der Waals surface area contributed by atoms with E-state index < -0.39 is 23.0 Å². The Kier molecular flexibility index (Phi) is 7.19. The van der Waals surface area contributed by atoms with Gasteiger partial charge in [-0.05, 0) is 31.2 Å². The van der Waals surface area contributed by atoms with Gasteiger partial charge in [-0.1, -0.05) is 18.2 Å². The highest BCUT2D eigenvalue weighted by Gasteiger charge is 2.28. The van der Waals surface area contributed by atoms with Crippen LogP contribution >= 0.6 is 0 Å². The summed E-state index contributed by atoms with van der Waals surface area (Å²) in [6.45, 7) is 3.09. The summed E-state index contributed by atoms with van der Waals surface area (Å²) in [4.78, 5) is 17.5. The Labute approximate surface area is 224 Å². The summed E-state index contributed by atoms with van der Waals surface area (Å²) in [6.07, 6.45) is 0. The number of carbonyl (C=O) groups excluding carboxylic acids is 1. The highest BCUT2D eigenvalue weighted by Crippen LogP contribution is 2.31. The molecular weight excluding hydrogens is 509 g/mol. The lowest BCUT2D eigenvalue weighted by Crippen LogP contribution is -2.49. The smallest absolute Gasteiger partial charge is 0.272 e. The van der Waals surface area contributed by atoms with Crippen molar-refractivity contribution in [3.63, 3.8) is 0 Å². The molecule has 0 aliphatic carbocycles. The Morgan fingerprint density at radius 2 is 1.46 bits per heavy atom. The summed E-state index contributed by atoms with van der Waals surface area (Å²) < 4.78 is 55.6. The molecule has 2 heterocycles. The van der Waals surface area contributed by atoms with Crippen LogP contribution in [0.15, 0.2) is 60.7 Å². The molecular formula is C29H27F3N4O3. The zero-order valence-electron chi connectivity index (χ0n) is 21.7. The predicted molar refractivity (Wildman–Crippen MR) is 141 cm³/mol. The maximum atomic E-state index is 14.8. The van der Waals surface area contributed by atoms with Crippen LogP contribution < -0.4 is 14.4 Å². The minimum Gasteiger partial charge on any atom is -0.497 e. The molecule has 1 amide bonds. The summed E-state index contributed by atoms with van der Waals surface area (Å²) in [7, 11) is 3.18. The normalized spacial score (nSPS) is 13.5. The molecule has 4 aromatic rings. The fraction of sp³-hybridized carbons (Fsp3) is 0.241. The third kappa shape index (κ3) is 5.01. The van der Waals surface area contributed by atoms with Gasteiger partial charge < -0.3 is 19.3 Å². The molecule has 39 heavy (non-hydrogen) atoms. The summed E-state index contributed by atoms with van der Waals surface area (Å²) in [5.41, 5.74) is 0.822. The van der Waals surface area contributed by atoms with E-state index in [0.29, 0.717) is 43.4 Å². The molecule has 1 aliphatic heterocycles. The van der Waals surface area contributed by atoms with Gasteiger partial charge in [0.25, 0.3) is 5.91 Å². The number of piperazine rings is 1. The summed E-state index contributed by atoms with van der Waals surface area (Å²) in [6, 6.07) is 16.7. The quantitative estimate of drug-likeness (QED) is 0.316. The van der Waals surface area contributed by atoms with Crippen LogP contribution in [0, 0.1) is 24.4 Å². The lowest BCUT2D eigenvalue weighted by atomic mass is 10.1. The zero-order valence-corrected chi connectivity index (χ0v) is 21.7. The van der Waals surface area contributed by atoms with Gasteiger partial charge in [0.1, 0.15) is 23.0 Å². The largest absolute Gasteiger partial charge is 0.497 e. The Balaban J connectivity index is 1.45. The Morgan fingerprint density at radius 1 is 0.821 bits per heavy atom. The number of nitrogens with zero attached hydrogens (tertiary/aromatic N) is 4. The molecule has 3 aromatic carbocycles. The zero-order chi connectivity index (χ0) is 27.7. The first kappa shape index (κ1) is 26.1. The van der Waals surface area contributed by atoms with E-state index in [1.165, 1.54) is 10.7 Å². The molecule has 0 saturated carbocycles. The highest BCUT2D eigenvalue weighted by molar-refractivity contribution is 5.94. The summed E-state index contributed by atoms with van der Waals surface area (Å²) >= 11 is 0. The second kappa shape index (κ2) is 10.7. The van der Waals surface area contributed by atoms with Crippen molar-refractivity contribution in [3.8, 4) is 28.4 Å². The number of aromatic nitrogens is 2. The molecule has 1 fully saturated rings. The number of amides is 1. The Morgan fingerprint density at radius 3 is 2.08 bits per heavy atom. The molecule has 0 atom stereocenters. The van der Waals surface area contributed by atoms with Crippen LogP contribution in [0.2, 0.25) is 0 Å². The highest BCUT2D eigenvalue weighted by atomic mass is 19.2. The first-order chi connectivity index (χ1) is 18.8. The van der Waals surface area contributed by atoms with E-state index in [2.05, 4.69) is 10.00 Å². The number of ether oxygens (including phenoxy) is 2. The number of rotatable bonds is 6. The lowest BCUT2D eigenvalue weighted by molar-refractivity contribution is 0.0737. The minimum absolute atomic E-state index is 0.0420. The van der Waals surface area contributed by atoms with Crippen molar-refractivity contribution >= 4 is 11.6 Å². The SMILES string of the molecule is COc1cc(OC)cc(N2CCN(C(=O)c3cc(-c4cc(F)c(C)c(F)c4F)nn3-c3ccccc3)CC2)c1. The van der Waals surface area contributed by atoms with Crippen LogP contribution in [0.3, 0.4) is 0 Å². The lowest BCUT2D eigenvalue weighted by Gasteiger charge is -2.36. The molecule has 5 rings (SSSR count). The van der Waals surface area contributed by atoms with Gasteiger partial charge in [0.2, 0.25) is 0 Å². The van der Waals surface area contributed by atoms with Crippen molar-refractivity contribution in [1.82, 2.24) is 14.7 Å². The number of hydrogen-bond donors (Lipinski definition) is 0. The van der Waals surface area contributed by atoms with Crippen molar-refractivity contribution < 1.29 is 27.4 Å². The third-order valence-corrected chi connectivity index (χ3v) is 6.86. The monoisotopic (exact) mass is 536 g/mol. The van der Waals surface area contributed by atoms with E-state index in [-0.39, 0.29) is 22.9 Å². The maximum absolute atomic E-state index is 14.8. The van der Waals surface area contributed by atoms with E-state index in [1.807, 2.05) is 18.2 Å². The minimum atomic E-state index is -1.28. The molecule has 0 bridgehead atoms. The van der Waals surface area contributed by atoms with Gasteiger partial charge in [0.05, 0.1) is 25.6 Å². The number of carbonyl (C=O) groups is 1. The predicted octanol–water partition coefficient (Wildman–Crippen LogP) is 5.24. The number of halogens is 3. The summed E-state index contributed by atoms with van der Waals surface area (Å²) in [5.74, 6) is -2.38. The van der Waals surface area contributed by atoms with Crippen molar-refractivity contribution in [1.29, 1.82) is 0 Å². The molecule has 1 aliphatic rings. The van der Waals surface area contributed by atoms with Crippen LogP contribution in [-0.4, -0.2) is 61.0 Å². The van der Waals surface area contributed by atoms with Crippen molar-refractivity contribution in [3.05, 3.63) is 89.4 Å². The molecule has 0 radical (unpaired) electrons. The molecule has 0 N–H and O–H groups in total. The topological polar surface area (TPSA) is 59.8 Å². The fourth-order valence-corrected chi connectivity index (χ4v) is 4.61. The van der Waals surface area contributed by atoms with Gasteiger partial charge in [0, 0.05) is 61.2 Å². The van der Waals surface area contributed by atoms with Crippen molar-refractivity contribution in [2.45, 2.75) is 6.92 Å². The van der Waals surface area contributed by atoms with Crippen LogP contribution in [0.1, 0.15) is 16.1 Å². The standard InChI is InChI=1S/C29H27F3N4O3/c1-18-24(30)16-23(28(32)27(18)31)25-17-26(36(33-25)19-7-5-4-6-8-19)29(37)35-11-9-34(10-12-35)20-13-21(38-2)15-22(14-20)39-3/h4-8,13-17H,9-12H2,1-3H3. The van der Waals surface area contributed by atoms with E-state index in [9.17, 15) is 18.0 Å². The average molecular weight is 537 g/mol. The molecule has 0 spiro atoms. The number of anilines is 1. The van der Waals surface area contributed by atoms with Crippen LogP contribution in [0.4, 0.5) is 18.9 Å². The van der Waals surface area contributed by atoms with Gasteiger partial charge in [-0.3, -0.25) is 4.79 Å².